The maximum absolute atomic E-state index is 12.9. The first kappa shape index (κ1) is 12.3. The fourth-order valence-electron chi connectivity index (χ4n) is 2.29. The van der Waals surface area contributed by atoms with E-state index in [-0.39, 0.29) is 17.4 Å². The Hall–Kier alpha value is -2.69. The van der Waals surface area contributed by atoms with Crippen molar-refractivity contribution in [2.45, 2.75) is 6.54 Å². The van der Waals surface area contributed by atoms with E-state index >= 15 is 0 Å². The third kappa shape index (κ3) is 1.93. The Morgan fingerprint density at radius 3 is 2.50 bits per heavy atom. The number of hydrogen-bond acceptors (Lipinski definition) is 3. The zero-order chi connectivity index (χ0) is 14.1. The van der Waals surface area contributed by atoms with Crippen LogP contribution in [-0.2, 0) is 6.54 Å². The summed E-state index contributed by atoms with van der Waals surface area (Å²) in [5.41, 5.74) is 1.56. The zero-order valence-corrected chi connectivity index (χ0v) is 10.5. The lowest BCUT2D eigenvalue weighted by Gasteiger charge is -2.07. The van der Waals surface area contributed by atoms with Crippen molar-refractivity contribution in [1.29, 1.82) is 0 Å². The van der Waals surface area contributed by atoms with Crippen LogP contribution in [0.1, 0.15) is 5.56 Å². The van der Waals surface area contributed by atoms with Crippen LogP contribution in [0.3, 0.4) is 0 Å². The third-order valence-corrected chi connectivity index (χ3v) is 3.26. The van der Waals surface area contributed by atoms with Gasteiger partial charge in [-0.05, 0) is 28.9 Å². The number of nitroso groups, excluding NO2 is 1. The molecule has 0 bridgehead atoms. The summed E-state index contributed by atoms with van der Waals surface area (Å²) < 4.78 is 14.5. The smallest absolute Gasteiger partial charge is 0.222 e. The maximum Gasteiger partial charge on any atom is 0.222 e. The van der Waals surface area contributed by atoms with Crippen molar-refractivity contribution < 1.29 is 9.50 Å². The molecular weight excluding hydrogens is 259 g/mol. The fourth-order valence-corrected chi connectivity index (χ4v) is 2.29. The largest absolute Gasteiger partial charge is 0.493 e. The molecule has 0 aliphatic rings. The Morgan fingerprint density at radius 1 is 1.10 bits per heavy atom. The van der Waals surface area contributed by atoms with Gasteiger partial charge in [-0.3, -0.25) is 0 Å². The summed E-state index contributed by atoms with van der Waals surface area (Å²) in [7, 11) is 0. The highest BCUT2D eigenvalue weighted by Gasteiger charge is 2.16. The number of rotatable bonds is 3. The molecule has 1 heterocycles. The topological polar surface area (TPSA) is 54.6 Å². The summed E-state index contributed by atoms with van der Waals surface area (Å²) in [5, 5.41) is 13.6. The van der Waals surface area contributed by atoms with Gasteiger partial charge in [0.15, 0.2) is 5.69 Å². The predicted molar refractivity (Wildman–Crippen MR) is 74.6 cm³/mol. The molecule has 0 aliphatic carbocycles. The molecular formula is C15H11FN2O2. The first-order valence-corrected chi connectivity index (χ1v) is 6.08. The molecule has 0 saturated carbocycles. The van der Waals surface area contributed by atoms with Gasteiger partial charge < -0.3 is 9.67 Å². The third-order valence-electron chi connectivity index (χ3n) is 3.26. The van der Waals surface area contributed by atoms with E-state index in [1.165, 1.54) is 12.1 Å². The molecule has 0 spiro atoms. The van der Waals surface area contributed by atoms with Crippen LogP contribution in [0.2, 0.25) is 0 Å². The van der Waals surface area contributed by atoms with Crippen LogP contribution in [0.4, 0.5) is 10.1 Å². The molecule has 2 aromatic carbocycles. The Balaban J connectivity index is 2.13. The summed E-state index contributed by atoms with van der Waals surface area (Å²) in [6.07, 6.45) is 0. The second kappa shape index (κ2) is 4.77. The molecule has 0 radical (unpaired) electrons. The van der Waals surface area contributed by atoms with Gasteiger partial charge in [-0.25, -0.2) is 4.39 Å². The van der Waals surface area contributed by atoms with Gasteiger partial charge >= 0.3 is 0 Å². The van der Waals surface area contributed by atoms with Crippen molar-refractivity contribution in [2.24, 2.45) is 5.18 Å². The number of benzene rings is 2. The summed E-state index contributed by atoms with van der Waals surface area (Å²) in [6, 6.07) is 13.1. The predicted octanol–water partition coefficient (Wildman–Crippen LogP) is 3.93. The second-order valence-corrected chi connectivity index (χ2v) is 4.49. The SMILES string of the molecule is O=Nc1c(O)n(Cc2ccc(F)cc2)c2ccccc12. The molecule has 1 aromatic heterocycles. The van der Waals surface area contributed by atoms with E-state index in [2.05, 4.69) is 5.18 Å². The first-order valence-electron chi connectivity index (χ1n) is 6.08. The van der Waals surface area contributed by atoms with Crippen molar-refractivity contribution in [3.05, 3.63) is 64.8 Å². The summed E-state index contributed by atoms with van der Waals surface area (Å²) in [5.74, 6) is -0.490. The Bertz CT molecular complexity index is 778. The average Bonchev–Trinajstić information content (AvgIpc) is 2.74. The van der Waals surface area contributed by atoms with Crippen LogP contribution in [0.25, 0.3) is 10.9 Å². The van der Waals surface area contributed by atoms with E-state index in [0.29, 0.717) is 17.4 Å². The number of nitrogens with zero attached hydrogens (tertiary/aromatic N) is 2. The minimum Gasteiger partial charge on any atom is -0.493 e. The number of halogens is 1. The van der Waals surface area contributed by atoms with Gasteiger partial charge in [0.05, 0.1) is 12.1 Å². The molecule has 4 nitrogen and oxygen atoms in total. The fraction of sp³-hybridized carbons (Fsp3) is 0.0667. The van der Waals surface area contributed by atoms with Gasteiger partial charge in [0.25, 0.3) is 0 Å². The van der Waals surface area contributed by atoms with Gasteiger partial charge in [-0.2, -0.15) is 0 Å². The minimum absolute atomic E-state index is 0.0303. The summed E-state index contributed by atoms with van der Waals surface area (Å²) >= 11 is 0. The summed E-state index contributed by atoms with van der Waals surface area (Å²) in [6.45, 7) is 0.335. The van der Waals surface area contributed by atoms with E-state index in [1.807, 2.05) is 6.07 Å². The molecule has 0 aliphatic heterocycles. The zero-order valence-electron chi connectivity index (χ0n) is 10.5. The van der Waals surface area contributed by atoms with Crippen molar-refractivity contribution >= 4 is 16.6 Å². The standard InChI is InChI=1S/C15H11FN2O2/c16-11-7-5-10(6-8-11)9-18-13-4-2-1-3-12(13)14(17-20)15(18)19/h1-8,19H,9H2. The molecule has 3 rings (SSSR count). The molecule has 100 valence electrons. The molecule has 5 heteroatoms. The van der Waals surface area contributed by atoms with Crippen LogP contribution in [0.15, 0.2) is 53.7 Å². The van der Waals surface area contributed by atoms with Crippen LogP contribution < -0.4 is 0 Å². The van der Waals surface area contributed by atoms with Gasteiger partial charge in [0.1, 0.15) is 5.82 Å². The van der Waals surface area contributed by atoms with Gasteiger partial charge in [0.2, 0.25) is 5.88 Å². The first-order chi connectivity index (χ1) is 9.70. The van der Waals surface area contributed by atoms with Crippen molar-refractivity contribution in [2.75, 3.05) is 0 Å². The lowest BCUT2D eigenvalue weighted by molar-refractivity contribution is 0.430. The van der Waals surface area contributed by atoms with E-state index in [4.69, 9.17) is 0 Å². The Kier molecular flexibility index (Phi) is 2.95. The Morgan fingerprint density at radius 2 is 1.80 bits per heavy atom. The lowest BCUT2D eigenvalue weighted by atomic mass is 10.2. The van der Waals surface area contributed by atoms with E-state index in [1.54, 1.807) is 34.9 Å². The van der Waals surface area contributed by atoms with Crippen molar-refractivity contribution in [1.82, 2.24) is 4.57 Å². The molecule has 1 N–H and O–H groups in total. The van der Waals surface area contributed by atoms with Gasteiger partial charge in [-0.1, -0.05) is 30.3 Å². The van der Waals surface area contributed by atoms with Crippen LogP contribution in [-0.4, -0.2) is 9.67 Å². The number of aromatic hydroxyl groups is 1. The highest BCUT2D eigenvalue weighted by molar-refractivity contribution is 5.95. The maximum atomic E-state index is 12.9. The van der Waals surface area contributed by atoms with E-state index in [9.17, 15) is 14.4 Å². The van der Waals surface area contributed by atoms with Crippen LogP contribution in [0, 0.1) is 10.7 Å². The number of para-hydroxylation sites is 1. The molecule has 0 unspecified atom stereocenters. The van der Waals surface area contributed by atoms with Crippen LogP contribution >= 0.6 is 0 Å². The monoisotopic (exact) mass is 270 g/mol. The second-order valence-electron chi connectivity index (χ2n) is 4.49. The lowest BCUT2D eigenvalue weighted by Crippen LogP contribution is -1.98. The number of aromatic nitrogens is 1. The van der Waals surface area contributed by atoms with Gasteiger partial charge in [0, 0.05) is 5.39 Å². The normalized spacial score (nSPS) is 10.8. The molecule has 0 saturated heterocycles. The molecule has 0 atom stereocenters. The molecule has 0 amide bonds. The Labute approximate surface area is 114 Å². The van der Waals surface area contributed by atoms with E-state index < -0.39 is 0 Å². The van der Waals surface area contributed by atoms with Crippen LogP contribution in [0.5, 0.6) is 5.88 Å². The van der Waals surface area contributed by atoms with Crippen molar-refractivity contribution in [3.63, 3.8) is 0 Å². The molecule has 3 aromatic rings. The van der Waals surface area contributed by atoms with Gasteiger partial charge in [-0.15, -0.1) is 4.91 Å². The number of fused-ring (bicyclic) bond motifs is 1. The molecule has 20 heavy (non-hydrogen) atoms. The minimum atomic E-state index is -0.314. The quantitative estimate of drug-likeness (QED) is 0.733. The highest BCUT2D eigenvalue weighted by atomic mass is 19.1. The number of hydrogen-bond donors (Lipinski definition) is 1. The summed E-state index contributed by atoms with van der Waals surface area (Å²) in [4.78, 5) is 10.9. The molecule has 0 fully saturated rings. The highest BCUT2D eigenvalue weighted by Crippen LogP contribution is 2.38. The van der Waals surface area contributed by atoms with Crippen molar-refractivity contribution in [3.8, 4) is 5.88 Å². The van der Waals surface area contributed by atoms with E-state index in [0.717, 1.165) is 5.56 Å². The average molecular weight is 270 g/mol.